The lowest BCUT2D eigenvalue weighted by Crippen LogP contribution is -2.41. The van der Waals surface area contributed by atoms with Gasteiger partial charge in [0.15, 0.2) is 11.9 Å². The van der Waals surface area contributed by atoms with Crippen LogP contribution in [0.25, 0.3) is 0 Å². The Labute approximate surface area is 188 Å². The minimum Gasteiger partial charge on any atom is -0.454 e. The summed E-state index contributed by atoms with van der Waals surface area (Å²) in [6, 6.07) is 12.4. The van der Waals surface area contributed by atoms with Crippen LogP contribution in [0.3, 0.4) is 0 Å². The number of likely N-dealkylation sites (tertiary alicyclic amines) is 1. The number of benzene rings is 2. The second kappa shape index (κ2) is 8.50. The van der Waals surface area contributed by atoms with E-state index in [1.165, 1.54) is 0 Å². The van der Waals surface area contributed by atoms with Crippen molar-refractivity contribution < 1.29 is 22.7 Å². The summed E-state index contributed by atoms with van der Waals surface area (Å²) in [6.45, 7) is 6.36. The Morgan fingerprint density at radius 1 is 1.09 bits per heavy atom. The number of hydrogen-bond donors (Lipinski definition) is 0. The SMILES string of the molecule is Cc1ccc(C)c(C(=O)[C@@H](C)OC(=O)C2CCN(C3=NS(=O)(=O)c4ccccc43)CC2)c1. The van der Waals surface area contributed by atoms with Crippen LogP contribution in [0.15, 0.2) is 51.8 Å². The highest BCUT2D eigenvalue weighted by Crippen LogP contribution is 2.30. The van der Waals surface area contributed by atoms with E-state index in [-0.39, 0.29) is 16.6 Å². The van der Waals surface area contributed by atoms with Gasteiger partial charge in [0.25, 0.3) is 10.0 Å². The maximum absolute atomic E-state index is 12.8. The minimum atomic E-state index is -3.68. The van der Waals surface area contributed by atoms with E-state index in [1.807, 2.05) is 36.9 Å². The molecule has 2 aliphatic heterocycles. The molecule has 1 saturated heterocycles. The highest BCUT2D eigenvalue weighted by Gasteiger charge is 2.35. The van der Waals surface area contributed by atoms with Crippen molar-refractivity contribution in [1.82, 2.24) is 4.90 Å². The fourth-order valence-corrected chi connectivity index (χ4v) is 5.42. The Kier molecular flexibility index (Phi) is 5.90. The molecule has 0 unspecified atom stereocenters. The van der Waals surface area contributed by atoms with Crippen LogP contribution in [0.2, 0.25) is 0 Å². The standard InChI is InChI=1S/C24H26N2O5S/c1-15-8-9-16(2)20(14-15)22(27)17(3)31-24(28)18-10-12-26(13-11-18)23-19-6-4-5-7-21(19)32(29,30)25-23/h4-9,14,17-18H,10-13H2,1-3H3/t17-/m1/s1. The first-order valence-corrected chi connectivity index (χ1v) is 12.1. The van der Waals surface area contributed by atoms with Gasteiger partial charge in [-0.25, -0.2) is 0 Å². The average Bonchev–Trinajstić information content (AvgIpc) is 3.06. The lowest BCUT2D eigenvalue weighted by molar-refractivity contribution is -0.152. The number of fused-ring (bicyclic) bond motifs is 1. The molecule has 2 aliphatic rings. The summed E-state index contributed by atoms with van der Waals surface area (Å²) >= 11 is 0. The monoisotopic (exact) mass is 454 g/mol. The second-order valence-electron chi connectivity index (χ2n) is 8.41. The molecule has 0 amide bonds. The highest BCUT2D eigenvalue weighted by atomic mass is 32.2. The van der Waals surface area contributed by atoms with E-state index < -0.39 is 22.1 Å². The van der Waals surface area contributed by atoms with Crippen molar-refractivity contribution in [2.24, 2.45) is 10.3 Å². The summed E-state index contributed by atoms with van der Waals surface area (Å²) in [4.78, 5) is 27.6. The predicted molar refractivity (Wildman–Crippen MR) is 120 cm³/mol. The predicted octanol–water partition coefficient (Wildman–Crippen LogP) is 3.28. The van der Waals surface area contributed by atoms with Crippen LogP contribution in [0.5, 0.6) is 0 Å². The zero-order valence-corrected chi connectivity index (χ0v) is 19.2. The first-order valence-electron chi connectivity index (χ1n) is 10.7. The molecule has 32 heavy (non-hydrogen) atoms. The molecule has 0 radical (unpaired) electrons. The molecule has 1 fully saturated rings. The van der Waals surface area contributed by atoms with E-state index in [0.29, 0.717) is 42.9 Å². The van der Waals surface area contributed by atoms with Crippen molar-refractivity contribution in [3.05, 3.63) is 64.7 Å². The van der Waals surface area contributed by atoms with Crippen LogP contribution in [-0.4, -0.2) is 50.1 Å². The summed E-state index contributed by atoms with van der Waals surface area (Å²) < 4.78 is 34.1. The molecule has 7 nitrogen and oxygen atoms in total. The van der Waals surface area contributed by atoms with Gasteiger partial charge in [-0.15, -0.1) is 4.40 Å². The van der Waals surface area contributed by atoms with Crippen LogP contribution in [0.4, 0.5) is 0 Å². The molecule has 4 rings (SSSR count). The number of aryl methyl sites for hydroxylation is 2. The van der Waals surface area contributed by atoms with Crippen molar-refractivity contribution >= 4 is 27.6 Å². The molecule has 0 aromatic heterocycles. The third-order valence-corrected chi connectivity index (χ3v) is 7.39. The van der Waals surface area contributed by atoms with Crippen molar-refractivity contribution in [3.63, 3.8) is 0 Å². The lowest BCUT2D eigenvalue weighted by atomic mass is 9.96. The molecule has 8 heteroatoms. The summed E-state index contributed by atoms with van der Waals surface area (Å²) in [7, 11) is -3.68. The van der Waals surface area contributed by atoms with E-state index in [1.54, 1.807) is 31.2 Å². The Morgan fingerprint density at radius 2 is 1.78 bits per heavy atom. The number of carbonyl (C=O) groups excluding carboxylic acids is 2. The number of piperidine rings is 1. The molecular formula is C24H26N2O5S. The van der Waals surface area contributed by atoms with Gasteiger partial charge in [0.2, 0.25) is 5.78 Å². The molecule has 1 atom stereocenters. The summed E-state index contributed by atoms with van der Waals surface area (Å²) in [6.07, 6.45) is 0.145. The van der Waals surface area contributed by atoms with Crippen LogP contribution < -0.4 is 0 Å². The number of sulfonamides is 1. The Bertz CT molecular complexity index is 1210. The van der Waals surface area contributed by atoms with E-state index in [0.717, 1.165) is 11.1 Å². The van der Waals surface area contributed by atoms with Gasteiger partial charge < -0.3 is 9.64 Å². The number of carbonyl (C=O) groups is 2. The third-order valence-electron chi connectivity index (χ3n) is 6.06. The van der Waals surface area contributed by atoms with Crippen LogP contribution in [0, 0.1) is 19.8 Å². The van der Waals surface area contributed by atoms with Crippen molar-refractivity contribution in [2.75, 3.05) is 13.1 Å². The second-order valence-corrected chi connectivity index (χ2v) is 9.98. The van der Waals surface area contributed by atoms with E-state index in [9.17, 15) is 18.0 Å². The molecule has 168 valence electrons. The minimum absolute atomic E-state index is 0.209. The van der Waals surface area contributed by atoms with Crippen LogP contribution in [-0.2, 0) is 19.6 Å². The molecular weight excluding hydrogens is 428 g/mol. The van der Waals surface area contributed by atoms with Gasteiger partial charge >= 0.3 is 5.97 Å². The van der Waals surface area contributed by atoms with E-state index in [4.69, 9.17) is 4.74 Å². The molecule has 0 spiro atoms. The normalized spacial score (nSPS) is 18.6. The largest absolute Gasteiger partial charge is 0.454 e. The molecule has 2 aromatic carbocycles. The van der Waals surface area contributed by atoms with Crippen LogP contribution in [0.1, 0.15) is 46.8 Å². The number of hydrogen-bond acceptors (Lipinski definition) is 6. The Balaban J connectivity index is 1.38. The zero-order chi connectivity index (χ0) is 23.0. The van der Waals surface area contributed by atoms with Crippen molar-refractivity contribution in [2.45, 2.75) is 44.6 Å². The van der Waals surface area contributed by atoms with Crippen LogP contribution >= 0.6 is 0 Å². The smallest absolute Gasteiger partial charge is 0.309 e. The lowest BCUT2D eigenvalue weighted by Gasteiger charge is -2.32. The fraction of sp³-hybridized carbons (Fsp3) is 0.375. The van der Waals surface area contributed by atoms with Gasteiger partial charge in [0.05, 0.1) is 5.92 Å². The Morgan fingerprint density at radius 3 is 2.50 bits per heavy atom. The molecule has 0 saturated carbocycles. The zero-order valence-electron chi connectivity index (χ0n) is 18.4. The third kappa shape index (κ3) is 4.19. The number of rotatable bonds is 4. The number of esters is 1. The maximum atomic E-state index is 12.8. The fourth-order valence-electron chi connectivity index (χ4n) is 4.19. The van der Waals surface area contributed by atoms with Gasteiger partial charge in [-0.05, 0) is 57.4 Å². The number of amidine groups is 1. The van der Waals surface area contributed by atoms with Gasteiger partial charge in [-0.1, -0.05) is 29.8 Å². The van der Waals surface area contributed by atoms with Gasteiger partial charge in [-0.2, -0.15) is 8.42 Å². The van der Waals surface area contributed by atoms with E-state index in [2.05, 4.69) is 4.40 Å². The number of Topliss-reactive ketones (excluding diaryl/α,β-unsaturated/α-hetero) is 1. The number of ether oxygens (including phenoxy) is 1. The summed E-state index contributed by atoms with van der Waals surface area (Å²) in [5, 5.41) is 0. The Hall–Kier alpha value is -3.00. The molecule has 0 N–H and O–H groups in total. The summed E-state index contributed by atoms with van der Waals surface area (Å²) in [5.41, 5.74) is 2.99. The van der Waals surface area contributed by atoms with Crippen molar-refractivity contribution in [3.8, 4) is 0 Å². The molecule has 0 bridgehead atoms. The number of nitrogens with zero attached hydrogens (tertiary/aromatic N) is 2. The van der Waals surface area contributed by atoms with Gasteiger partial charge in [0.1, 0.15) is 4.90 Å². The first kappa shape index (κ1) is 22.2. The van der Waals surface area contributed by atoms with Gasteiger partial charge in [0, 0.05) is 24.2 Å². The van der Waals surface area contributed by atoms with E-state index >= 15 is 0 Å². The van der Waals surface area contributed by atoms with Gasteiger partial charge in [-0.3, -0.25) is 9.59 Å². The molecule has 2 aromatic rings. The van der Waals surface area contributed by atoms with Crippen molar-refractivity contribution in [1.29, 1.82) is 0 Å². The average molecular weight is 455 g/mol. The highest BCUT2D eigenvalue weighted by molar-refractivity contribution is 7.90. The summed E-state index contributed by atoms with van der Waals surface area (Å²) in [5.74, 6) is -0.504. The quantitative estimate of drug-likeness (QED) is 0.520. The molecule has 2 heterocycles. The topological polar surface area (TPSA) is 93.1 Å². The maximum Gasteiger partial charge on any atom is 0.309 e. The molecule has 0 aliphatic carbocycles. The number of ketones is 1. The first-order chi connectivity index (χ1) is 15.2.